The Morgan fingerprint density at radius 3 is 2.43 bits per heavy atom. The van der Waals surface area contributed by atoms with Crippen LogP contribution in [0.1, 0.15) is 51.6 Å². The summed E-state index contributed by atoms with van der Waals surface area (Å²) in [6, 6.07) is 38.0. The van der Waals surface area contributed by atoms with E-state index < -0.39 is 6.29 Å². The number of carbonyl (C=O) groups excluding carboxylic acids is 1. The lowest BCUT2D eigenvalue weighted by atomic mass is 9.99. The number of rotatable bonds is 11. The van der Waals surface area contributed by atoms with Crippen molar-refractivity contribution < 1.29 is 24.5 Å². The van der Waals surface area contributed by atoms with E-state index in [0.717, 1.165) is 44.6 Å². The molecule has 3 atom stereocenters. The smallest absolute Gasteiger partial charge is 0.271 e. The maximum atomic E-state index is 13.0. The molecule has 12 nitrogen and oxygen atoms in total. The second kappa shape index (κ2) is 15.9. The minimum atomic E-state index is -0.662. The summed E-state index contributed by atoms with van der Waals surface area (Å²) < 4.78 is 14.9. The van der Waals surface area contributed by atoms with Crippen molar-refractivity contribution in [1.82, 2.24) is 35.5 Å². The highest BCUT2D eigenvalue weighted by atomic mass is 32.2. The third-order valence-electron chi connectivity index (χ3n) is 9.10. The number of aliphatic hydroxyl groups is 1. The number of nitrogens with one attached hydrogen (secondary N) is 1. The molecule has 1 aliphatic heterocycles. The van der Waals surface area contributed by atoms with Gasteiger partial charge in [-0.15, -0.1) is 5.10 Å². The molecule has 2 aromatic heterocycles. The fourth-order valence-corrected chi connectivity index (χ4v) is 7.19. The van der Waals surface area contributed by atoms with E-state index in [0.29, 0.717) is 29.4 Å². The monoisotopic (exact) mass is 737 g/mol. The van der Waals surface area contributed by atoms with Crippen LogP contribution in [-0.4, -0.2) is 58.2 Å². The molecule has 0 bridgehead atoms. The van der Waals surface area contributed by atoms with E-state index in [2.05, 4.69) is 42.9 Å². The second-order valence-corrected chi connectivity index (χ2v) is 13.8. The maximum absolute atomic E-state index is 13.0. The summed E-state index contributed by atoms with van der Waals surface area (Å²) in [5.74, 6) is 0.425. The Balaban J connectivity index is 0.992. The fraction of sp³-hybridized carbons (Fsp3) is 0.171. The minimum Gasteiger partial charge on any atom is -0.508 e. The molecule has 0 radical (unpaired) electrons. The molecule has 1 fully saturated rings. The van der Waals surface area contributed by atoms with Gasteiger partial charge in [-0.2, -0.15) is 4.68 Å². The molecule has 3 heterocycles. The number of hydrogen-bond donors (Lipinski definition) is 3. The number of thioether (sulfide) groups is 1. The lowest BCUT2D eigenvalue weighted by Crippen LogP contribution is -2.31. The standard InChI is InChI=1S/C41H35N7O5S/c49-24-26-11-13-28(14-12-26)38-21-34(25-54-41-45-46-47-48(41)32-15-17-33(50)18-16-32)52-40(53-38)31-8-4-7-30(20-31)29-6-3-5-27(19-29)22-43-39(51)37-23-42-35-9-1-2-10-36(35)44-37/h1-20,23,34,38,40,49-50H,21-22,24-25H2,(H,43,51)/t34-,38+,40+/m1/s1. The molecule has 5 aromatic carbocycles. The summed E-state index contributed by atoms with van der Waals surface area (Å²) in [5, 5.41) is 35.2. The number of aromatic hydroxyl groups is 1. The Labute approximate surface area is 314 Å². The van der Waals surface area contributed by atoms with Gasteiger partial charge in [0.05, 0.1) is 41.7 Å². The average molecular weight is 738 g/mol. The first-order chi connectivity index (χ1) is 26.5. The molecule has 8 rings (SSSR count). The largest absolute Gasteiger partial charge is 0.508 e. The molecular formula is C41H35N7O5S. The first-order valence-corrected chi connectivity index (χ1v) is 18.4. The van der Waals surface area contributed by atoms with E-state index in [9.17, 15) is 15.0 Å². The molecule has 0 saturated carbocycles. The highest BCUT2D eigenvalue weighted by Gasteiger charge is 2.33. The van der Waals surface area contributed by atoms with Crippen molar-refractivity contribution in [3.05, 3.63) is 155 Å². The normalized spacial score (nSPS) is 17.0. The van der Waals surface area contributed by atoms with Gasteiger partial charge < -0.3 is 25.0 Å². The quantitative estimate of drug-likeness (QED) is 0.121. The molecule has 0 spiro atoms. The Morgan fingerprint density at radius 2 is 1.61 bits per heavy atom. The van der Waals surface area contributed by atoms with Crippen molar-refractivity contribution >= 4 is 28.7 Å². The zero-order chi connectivity index (χ0) is 36.9. The molecule has 1 aliphatic rings. The van der Waals surface area contributed by atoms with Crippen LogP contribution in [0.2, 0.25) is 0 Å². The zero-order valence-corrected chi connectivity index (χ0v) is 29.7. The van der Waals surface area contributed by atoms with Crippen molar-refractivity contribution in [3.63, 3.8) is 0 Å². The van der Waals surface area contributed by atoms with Crippen LogP contribution < -0.4 is 5.32 Å². The van der Waals surface area contributed by atoms with E-state index in [-0.39, 0.29) is 36.2 Å². The number of benzene rings is 5. The van der Waals surface area contributed by atoms with E-state index in [1.165, 1.54) is 18.0 Å². The second-order valence-electron chi connectivity index (χ2n) is 12.8. The van der Waals surface area contributed by atoms with Crippen LogP contribution in [-0.2, 0) is 22.6 Å². The molecule has 0 aliphatic carbocycles. The Kier molecular flexibility index (Phi) is 10.4. The summed E-state index contributed by atoms with van der Waals surface area (Å²) >= 11 is 1.48. The number of hydrogen-bond acceptors (Lipinski definition) is 11. The number of phenols is 1. The fourth-order valence-electron chi connectivity index (χ4n) is 6.28. The number of ether oxygens (including phenoxy) is 2. The van der Waals surface area contributed by atoms with Crippen LogP contribution in [0.3, 0.4) is 0 Å². The minimum absolute atomic E-state index is 0.0357. The summed E-state index contributed by atoms with van der Waals surface area (Å²) in [7, 11) is 0. The predicted molar refractivity (Wildman–Crippen MR) is 203 cm³/mol. The van der Waals surface area contributed by atoms with E-state index in [4.69, 9.17) is 9.47 Å². The van der Waals surface area contributed by atoms with Gasteiger partial charge in [-0.05, 0) is 86.8 Å². The first kappa shape index (κ1) is 35.1. The van der Waals surface area contributed by atoms with Gasteiger partial charge in [-0.25, -0.2) is 4.98 Å². The molecule has 13 heteroatoms. The number of tetrazole rings is 1. The van der Waals surface area contributed by atoms with Crippen LogP contribution in [0.25, 0.3) is 27.8 Å². The first-order valence-electron chi connectivity index (χ1n) is 17.4. The van der Waals surface area contributed by atoms with Crippen molar-refractivity contribution in [2.24, 2.45) is 0 Å². The Hall–Kier alpha value is -5.99. The molecule has 7 aromatic rings. The molecule has 3 N–H and O–H groups in total. The number of nitrogens with zero attached hydrogens (tertiary/aromatic N) is 6. The highest BCUT2D eigenvalue weighted by Crippen LogP contribution is 2.40. The maximum Gasteiger partial charge on any atom is 0.271 e. The van der Waals surface area contributed by atoms with Crippen molar-refractivity contribution in [2.45, 2.75) is 43.2 Å². The molecular weight excluding hydrogens is 703 g/mol. The topological polar surface area (TPSA) is 157 Å². The van der Waals surface area contributed by atoms with Gasteiger partial charge in [0, 0.05) is 24.3 Å². The van der Waals surface area contributed by atoms with E-state index >= 15 is 0 Å². The van der Waals surface area contributed by atoms with Gasteiger partial charge in [0.2, 0.25) is 5.16 Å². The number of aliphatic hydroxyl groups excluding tert-OH is 1. The van der Waals surface area contributed by atoms with Gasteiger partial charge in [-0.1, -0.05) is 84.6 Å². The van der Waals surface area contributed by atoms with Crippen molar-refractivity contribution in [2.75, 3.05) is 5.75 Å². The number of para-hydroxylation sites is 2. The summed E-state index contributed by atoms with van der Waals surface area (Å²) in [6.07, 6.45) is 0.946. The SMILES string of the molecule is O=C(NCc1cccc(-c2cccc([C@H]3O[C@@H](CSc4nnnn4-c4ccc(O)cc4)C[C@@H](c4ccc(CO)cc4)O3)c2)c1)c1cnc2ccccc2n1. The van der Waals surface area contributed by atoms with Gasteiger partial charge in [0.15, 0.2) is 6.29 Å². The predicted octanol–water partition coefficient (Wildman–Crippen LogP) is 6.74. The third kappa shape index (κ3) is 7.99. The van der Waals surface area contributed by atoms with Crippen LogP contribution in [0, 0.1) is 0 Å². The van der Waals surface area contributed by atoms with Crippen LogP contribution in [0.4, 0.5) is 0 Å². The Bertz CT molecular complexity index is 2390. The van der Waals surface area contributed by atoms with Gasteiger partial charge >= 0.3 is 0 Å². The number of aromatic nitrogens is 6. The van der Waals surface area contributed by atoms with Gasteiger partial charge in [0.1, 0.15) is 11.4 Å². The van der Waals surface area contributed by atoms with Crippen LogP contribution in [0.15, 0.2) is 133 Å². The molecule has 1 saturated heterocycles. The van der Waals surface area contributed by atoms with Crippen LogP contribution >= 0.6 is 11.8 Å². The van der Waals surface area contributed by atoms with Crippen molar-refractivity contribution in [3.8, 4) is 22.6 Å². The Morgan fingerprint density at radius 1 is 0.833 bits per heavy atom. The number of fused-ring (bicyclic) bond motifs is 1. The van der Waals surface area contributed by atoms with E-state index in [1.54, 1.807) is 28.9 Å². The zero-order valence-electron chi connectivity index (χ0n) is 28.9. The summed E-state index contributed by atoms with van der Waals surface area (Å²) in [5.41, 5.74) is 7.97. The molecule has 0 unspecified atom stereocenters. The molecule has 54 heavy (non-hydrogen) atoms. The lowest BCUT2D eigenvalue weighted by molar-refractivity contribution is -0.245. The van der Waals surface area contributed by atoms with Crippen molar-refractivity contribution in [1.29, 1.82) is 0 Å². The summed E-state index contributed by atoms with van der Waals surface area (Å²) in [4.78, 5) is 21.8. The van der Waals surface area contributed by atoms with Gasteiger partial charge in [-0.3, -0.25) is 9.78 Å². The van der Waals surface area contributed by atoms with Crippen LogP contribution in [0.5, 0.6) is 5.75 Å². The lowest BCUT2D eigenvalue weighted by Gasteiger charge is -2.36. The third-order valence-corrected chi connectivity index (χ3v) is 10.2. The van der Waals surface area contributed by atoms with Gasteiger partial charge in [0.25, 0.3) is 5.91 Å². The highest BCUT2D eigenvalue weighted by molar-refractivity contribution is 7.99. The summed E-state index contributed by atoms with van der Waals surface area (Å²) in [6.45, 7) is 0.286. The number of amides is 1. The molecule has 1 amide bonds. The number of carbonyl (C=O) groups is 1. The van der Waals surface area contributed by atoms with E-state index in [1.807, 2.05) is 84.9 Å². The molecule has 270 valence electrons. The average Bonchev–Trinajstić information content (AvgIpc) is 3.71. The number of phenolic OH excluding ortho intramolecular Hbond substituents is 1.